The summed E-state index contributed by atoms with van der Waals surface area (Å²) in [6, 6.07) is 5.52. The molecule has 0 unspecified atom stereocenters. The molecule has 1 aromatic rings. The van der Waals surface area contributed by atoms with Gasteiger partial charge >= 0.3 is 0 Å². The van der Waals surface area contributed by atoms with Crippen LogP contribution in [0.4, 0.5) is 0 Å². The maximum atomic E-state index is 12.8. The van der Waals surface area contributed by atoms with Crippen molar-refractivity contribution in [2.75, 3.05) is 27.2 Å². The predicted octanol–water partition coefficient (Wildman–Crippen LogP) is 1.20. The van der Waals surface area contributed by atoms with Crippen molar-refractivity contribution in [3.63, 3.8) is 0 Å². The first kappa shape index (κ1) is 16.4. The zero-order valence-corrected chi connectivity index (χ0v) is 13.7. The third-order valence-electron chi connectivity index (χ3n) is 4.34. The van der Waals surface area contributed by atoms with E-state index in [9.17, 15) is 13.5 Å². The van der Waals surface area contributed by atoms with E-state index >= 15 is 0 Å². The van der Waals surface area contributed by atoms with Gasteiger partial charge in [0.15, 0.2) is 0 Å². The lowest BCUT2D eigenvalue weighted by Crippen LogP contribution is -2.44. The summed E-state index contributed by atoms with van der Waals surface area (Å²) in [5.74, 6) is 0. The van der Waals surface area contributed by atoms with Crippen LogP contribution in [-0.4, -0.2) is 56.0 Å². The Morgan fingerprint density at radius 3 is 2.43 bits per heavy atom. The Morgan fingerprint density at radius 2 is 1.90 bits per heavy atom. The SMILES string of the molecule is Cc1c(CO)cccc1S(=O)(=O)N1CCC(N(C)C)CC1. The molecule has 1 saturated heterocycles. The number of benzene rings is 1. The van der Waals surface area contributed by atoms with E-state index in [-0.39, 0.29) is 6.61 Å². The number of rotatable bonds is 4. The summed E-state index contributed by atoms with van der Waals surface area (Å²) in [6.45, 7) is 2.71. The first-order valence-corrected chi connectivity index (χ1v) is 8.68. The quantitative estimate of drug-likeness (QED) is 0.907. The van der Waals surface area contributed by atoms with Crippen molar-refractivity contribution in [3.05, 3.63) is 29.3 Å². The highest BCUT2D eigenvalue weighted by atomic mass is 32.2. The monoisotopic (exact) mass is 312 g/mol. The van der Waals surface area contributed by atoms with Gasteiger partial charge in [-0.3, -0.25) is 0 Å². The average molecular weight is 312 g/mol. The Balaban J connectivity index is 2.24. The van der Waals surface area contributed by atoms with E-state index in [0.717, 1.165) is 12.8 Å². The normalized spacial score (nSPS) is 18.3. The Bertz CT molecular complexity index is 591. The van der Waals surface area contributed by atoms with Crippen LogP contribution in [0.3, 0.4) is 0 Å². The molecular weight excluding hydrogens is 288 g/mol. The molecule has 0 aliphatic carbocycles. The lowest BCUT2D eigenvalue weighted by atomic mass is 10.1. The van der Waals surface area contributed by atoms with Gasteiger partial charge in [-0.05, 0) is 51.1 Å². The molecule has 1 aromatic carbocycles. The Labute approximate surface area is 127 Å². The molecule has 0 radical (unpaired) electrons. The number of piperidine rings is 1. The molecule has 118 valence electrons. The van der Waals surface area contributed by atoms with Gasteiger partial charge in [-0.2, -0.15) is 4.31 Å². The van der Waals surface area contributed by atoms with Crippen LogP contribution in [0.25, 0.3) is 0 Å². The fourth-order valence-electron chi connectivity index (χ4n) is 2.85. The average Bonchev–Trinajstić information content (AvgIpc) is 2.47. The van der Waals surface area contributed by atoms with Gasteiger partial charge in [0.1, 0.15) is 0 Å². The van der Waals surface area contributed by atoms with Crippen molar-refractivity contribution in [1.29, 1.82) is 0 Å². The molecule has 2 rings (SSSR count). The van der Waals surface area contributed by atoms with Gasteiger partial charge in [0.05, 0.1) is 11.5 Å². The van der Waals surface area contributed by atoms with Crippen LogP contribution in [0.2, 0.25) is 0 Å². The maximum Gasteiger partial charge on any atom is 0.243 e. The molecule has 0 aromatic heterocycles. The number of nitrogens with zero attached hydrogens (tertiary/aromatic N) is 2. The number of aliphatic hydroxyl groups excluding tert-OH is 1. The minimum Gasteiger partial charge on any atom is -0.392 e. The Kier molecular flexibility index (Phi) is 5.03. The number of sulfonamides is 1. The zero-order valence-electron chi connectivity index (χ0n) is 12.9. The summed E-state index contributed by atoms with van der Waals surface area (Å²) in [5.41, 5.74) is 1.31. The van der Waals surface area contributed by atoms with Crippen molar-refractivity contribution in [2.45, 2.75) is 37.3 Å². The lowest BCUT2D eigenvalue weighted by molar-refractivity contribution is 0.196. The van der Waals surface area contributed by atoms with Crippen molar-refractivity contribution >= 4 is 10.0 Å². The van der Waals surface area contributed by atoms with Crippen molar-refractivity contribution in [2.24, 2.45) is 0 Å². The highest BCUT2D eigenvalue weighted by Crippen LogP contribution is 2.26. The minimum atomic E-state index is -3.47. The highest BCUT2D eigenvalue weighted by Gasteiger charge is 2.31. The van der Waals surface area contributed by atoms with Gasteiger partial charge in [0, 0.05) is 19.1 Å². The summed E-state index contributed by atoms with van der Waals surface area (Å²) < 4.78 is 27.1. The van der Waals surface area contributed by atoms with E-state index in [1.54, 1.807) is 29.4 Å². The van der Waals surface area contributed by atoms with Gasteiger partial charge in [0.25, 0.3) is 0 Å². The van der Waals surface area contributed by atoms with Gasteiger partial charge in [-0.15, -0.1) is 0 Å². The first-order valence-electron chi connectivity index (χ1n) is 7.24. The van der Waals surface area contributed by atoms with Crippen LogP contribution in [0.1, 0.15) is 24.0 Å². The molecule has 0 bridgehead atoms. The number of hydrogen-bond acceptors (Lipinski definition) is 4. The third-order valence-corrected chi connectivity index (χ3v) is 6.38. The standard InChI is InChI=1S/C15H24N2O3S/c1-12-13(11-18)5-4-6-15(12)21(19,20)17-9-7-14(8-10-17)16(2)3/h4-6,14,18H,7-11H2,1-3H3. The van der Waals surface area contributed by atoms with Crippen LogP contribution < -0.4 is 0 Å². The zero-order chi connectivity index (χ0) is 15.6. The molecule has 1 fully saturated rings. The molecule has 1 heterocycles. The van der Waals surface area contributed by atoms with Gasteiger partial charge in [0.2, 0.25) is 10.0 Å². The second-order valence-corrected chi connectivity index (χ2v) is 7.70. The molecule has 1 aliphatic rings. The molecule has 0 spiro atoms. The van der Waals surface area contributed by atoms with Gasteiger partial charge < -0.3 is 10.0 Å². The topological polar surface area (TPSA) is 60.9 Å². The fraction of sp³-hybridized carbons (Fsp3) is 0.600. The minimum absolute atomic E-state index is 0.141. The van der Waals surface area contributed by atoms with Crippen molar-refractivity contribution in [3.8, 4) is 0 Å². The summed E-state index contributed by atoms with van der Waals surface area (Å²) in [7, 11) is 0.592. The fourth-order valence-corrected chi connectivity index (χ4v) is 4.59. The summed E-state index contributed by atoms with van der Waals surface area (Å²) in [5, 5.41) is 9.30. The van der Waals surface area contributed by atoms with E-state index in [1.165, 1.54) is 0 Å². The molecule has 21 heavy (non-hydrogen) atoms. The van der Waals surface area contributed by atoms with E-state index in [4.69, 9.17) is 0 Å². The lowest BCUT2D eigenvalue weighted by Gasteiger charge is -2.34. The van der Waals surface area contributed by atoms with Crippen molar-refractivity contribution in [1.82, 2.24) is 9.21 Å². The highest BCUT2D eigenvalue weighted by molar-refractivity contribution is 7.89. The molecule has 0 saturated carbocycles. The molecule has 1 aliphatic heterocycles. The summed E-state index contributed by atoms with van der Waals surface area (Å²) in [4.78, 5) is 2.47. The summed E-state index contributed by atoms with van der Waals surface area (Å²) in [6.07, 6.45) is 1.70. The third kappa shape index (κ3) is 3.29. The Morgan fingerprint density at radius 1 is 1.29 bits per heavy atom. The summed E-state index contributed by atoms with van der Waals surface area (Å²) >= 11 is 0. The predicted molar refractivity (Wildman–Crippen MR) is 82.6 cm³/mol. The van der Waals surface area contributed by atoms with E-state index < -0.39 is 10.0 Å². The second-order valence-electron chi connectivity index (χ2n) is 5.80. The van der Waals surface area contributed by atoms with E-state index in [2.05, 4.69) is 4.90 Å². The van der Waals surface area contributed by atoms with Crippen LogP contribution in [0.15, 0.2) is 23.1 Å². The smallest absolute Gasteiger partial charge is 0.243 e. The molecule has 5 nitrogen and oxygen atoms in total. The molecule has 6 heteroatoms. The first-order chi connectivity index (χ1) is 9.87. The number of hydrogen-bond donors (Lipinski definition) is 1. The number of aliphatic hydroxyl groups is 1. The molecule has 0 amide bonds. The van der Waals surface area contributed by atoms with Crippen molar-refractivity contribution < 1.29 is 13.5 Å². The van der Waals surface area contributed by atoms with Crippen LogP contribution in [-0.2, 0) is 16.6 Å². The van der Waals surface area contributed by atoms with Crippen LogP contribution in [0.5, 0.6) is 0 Å². The largest absolute Gasteiger partial charge is 0.392 e. The molecular formula is C15H24N2O3S. The second kappa shape index (κ2) is 6.44. The van der Waals surface area contributed by atoms with E-state index in [1.807, 2.05) is 14.1 Å². The van der Waals surface area contributed by atoms with E-state index in [0.29, 0.717) is 35.2 Å². The molecule has 0 atom stereocenters. The van der Waals surface area contributed by atoms with Crippen LogP contribution in [0, 0.1) is 6.92 Å². The molecule has 1 N–H and O–H groups in total. The van der Waals surface area contributed by atoms with Gasteiger partial charge in [-0.25, -0.2) is 8.42 Å². The Hall–Kier alpha value is -0.950. The van der Waals surface area contributed by atoms with Crippen LogP contribution >= 0.6 is 0 Å². The maximum absolute atomic E-state index is 12.8. The van der Waals surface area contributed by atoms with Gasteiger partial charge in [-0.1, -0.05) is 12.1 Å².